The second-order valence-electron chi connectivity index (χ2n) is 5.04. The fourth-order valence-electron chi connectivity index (χ4n) is 2.13. The van der Waals surface area contributed by atoms with Gasteiger partial charge in [0.15, 0.2) is 5.76 Å². The Kier molecular flexibility index (Phi) is 4.77. The third kappa shape index (κ3) is 3.55. The summed E-state index contributed by atoms with van der Waals surface area (Å²) in [6, 6.07) is 11.2. The van der Waals surface area contributed by atoms with Gasteiger partial charge in [-0.2, -0.15) is 0 Å². The highest BCUT2D eigenvalue weighted by Gasteiger charge is 2.15. The van der Waals surface area contributed by atoms with Gasteiger partial charge in [0, 0.05) is 0 Å². The molecule has 3 aromatic rings. The van der Waals surface area contributed by atoms with E-state index in [4.69, 9.17) is 9.26 Å². The maximum atomic E-state index is 12.2. The average molecular weight is 340 g/mol. The van der Waals surface area contributed by atoms with E-state index >= 15 is 0 Å². The third-order valence-corrected chi connectivity index (χ3v) is 4.29. The van der Waals surface area contributed by atoms with E-state index in [1.54, 1.807) is 20.1 Å². The standard InChI is InChI=1S/C18H16N2O3S/c1-12-17(19-18(21)16-4-3-11-24-16)15(20-23-12)10-7-13-5-8-14(22-2)9-6-13/h3-11H,1-2H3,(H,19,21)/b10-7+. The molecule has 0 aliphatic rings. The highest BCUT2D eigenvalue weighted by Crippen LogP contribution is 2.24. The van der Waals surface area contributed by atoms with E-state index in [2.05, 4.69) is 10.5 Å². The number of carbonyl (C=O) groups excluding carboxylic acids is 1. The largest absolute Gasteiger partial charge is 0.497 e. The molecule has 1 amide bonds. The number of carbonyl (C=O) groups is 1. The van der Waals surface area contributed by atoms with Crippen LogP contribution in [0.1, 0.15) is 26.7 Å². The third-order valence-electron chi connectivity index (χ3n) is 3.42. The lowest BCUT2D eigenvalue weighted by molar-refractivity contribution is 0.103. The van der Waals surface area contributed by atoms with Gasteiger partial charge in [0.25, 0.3) is 5.91 Å². The topological polar surface area (TPSA) is 64.4 Å². The van der Waals surface area contributed by atoms with Crippen LogP contribution < -0.4 is 10.1 Å². The molecule has 24 heavy (non-hydrogen) atoms. The zero-order valence-electron chi connectivity index (χ0n) is 13.3. The van der Waals surface area contributed by atoms with Gasteiger partial charge in [-0.15, -0.1) is 11.3 Å². The van der Waals surface area contributed by atoms with Crippen molar-refractivity contribution in [2.75, 3.05) is 12.4 Å². The maximum Gasteiger partial charge on any atom is 0.265 e. The second-order valence-corrected chi connectivity index (χ2v) is 5.98. The Morgan fingerprint density at radius 2 is 2.04 bits per heavy atom. The number of thiophene rings is 1. The Bertz CT molecular complexity index is 849. The van der Waals surface area contributed by atoms with Crippen molar-refractivity contribution in [3.8, 4) is 5.75 Å². The molecule has 0 spiro atoms. The number of anilines is 1. The minimum atomic E-state index is -0.171. The van der Waals surface area contributed by atoms with Gasteiger partial charge in [-0.25, -0.2) is 0 Å². The van der Waals surface area contributed by atoms with Crippen LogP contribution in [0.2, 0.25) is 0 Å². The van der Waals surface area contributed by atoms with Crippen LogP contribution in [0.5, 0.6) is 5.75 Å². The van der Waals surface area contributed by atoms with Crippen molar-refractivity contribution < 1.29 is 14.1 Å². The molecule has 1 aromatic carbocycles. The maximum absolute atomic E-state index is 12.2. The van der Waals surface area contributed by atoms with Crippen LogP contribution in [0, 0.1) is 6.92 Å². The quantitative estimate of drug-likeness (QED) is 0.744. The molecule has 2 heterocycles. The van der Waals surface area contributed by atoms with Crippen molar-refractivity contribution in [1.82, 2.24) is 5.16 Å². The van der Waals surface area contributed by atoms with Crippen molar-refractivity contribution >= 4 is 35.1 Å². The van der Waals surface area contributed by atoms with E-state index in [0.717, 1.165) is 11.3 Å². The lowest BCUT2D eigenvalue weighted by Gasteiger charge is -2.02. The number of amides is 1. The number of nitrogens with one attached hydrogen (secondary N) is 1. The summed E-state index contributed by atoms with van der Waals surface area (Å²) < 4.78 is 10.3. The summed E-state index contributed by atoms with van der Waals surface area (Å²) in [5.41, 5.74) is 2.15. The molecule has 0 saturated carbocycles. The minimum Gasteiger partial charge on any atom is -0.497 e. The predicted octanol–water partition coefficient (Wildman–Crippen LogP) is 4.48. The van der Waals surface area contributed by atoms with Gasteiger partial charge in [-0.3, -0.25) is 4.79 Å². The van der Waals surface area contributed by atoms with Crippen molar-refractivity contribution in [2.45, 2.75) is 6.92 Å². The van der Waals surface area contributed by atoms with Gasteiger partial charge in [0.1, 0.15) is 17.1 Å². The molecular formula is C18H16N2O3S. The smallest absolute Gasteiger partial charge is 0.265 e. The first-order valence-electron chi connectivity index (χ1n) is 7.30. The van der Waals surface area contributed by atoms with E-state index in [9.17, 15) is 4.79 Å². The molecule has 5 nitrogen and oxygen atoms in total. The van der Waals surface area contributed by atoms with Crippen LogP contribution in [0.3, 0.4) is 0 Å². The van der Waals surface area contributed by atoms with Crippen LogP contribution in [-0.2, 0) is 0 Å². The number of hydrogen-bond donors (Lipinski definition) is 1. The van der Waals surface area contributed by atoms with Gasteiger partial charge in [-0.05, 0) is 42.1 Å². The molecular weight excluding hydrogens is 324 g/mol. The summed E-state index contributed by atoms with van der Waals surface area (Å²) in [6.07, 6.45) is 3.71. The summed E-state index contributed by atoms with van der Waals surface area (Å²) in [5, 5.41) is 8.72. The Labute approximate surface area is 143 Å². The van der Waals surface area contributed by atoms with Crippen LogP contribution in [0.4, 0.5) is 5.69 Å². The van der Waals surface area contributed by atoms with Crippen molar-refractivity contribution in [3.63, 3.8) is 0 Å². The highest BCUT2D eigenvalue weighted by atomic mass is 32.1. The van der Waals surface area contributed by atoms with Gasteiger partial charge < -0.3 is 14.6 Å². The molecule has 122 valence electrons. The fraction of sp³-hybridized carbons (Fsp3) is 0.111. The first kappa shape index (κ1) is 16.0. The van der Waals surface area contributed by atoms with Crippen molar-refractivity contribution in [1.29, 1.82) is 0 Å². The Hall–Kier alpha value is -2.86. The first-order chi connectivity index (χ1) is 11.7. The Morgan fingerprint density at radius 3 is 2.71 bits per heavy atom. The number of ether oxygens (including phenoxy) is 1. The summed E-state index contributed by atoms with van der Waals surface area (Å²) in [7, 11) is 1.63. The van der Waals surface area contributed by atoms with Crippen LogP contribution in [-0.4, -0.2) is 18.2 Å². The molecule has 0 bridgehead atoms. The number of aromatic nitrogens is 1. The molecule has 0 unspecified atom stereocenters. The highest BCUT2D eigenvalue weighted by molar-refractivity contribution is 7.12. The monoisotopic (exact) mass is 340 g/mol. The number of hydrogen-bond acceptors (Lipinski definition) is 5. The van der Waals surface area contributed by atoms with Crippen LogP contribution in [0.15, 0.2) is 46.3 Å². The van der Waals surface area contributed by atoms with Crippen molar-refractivity contribution in [2.24, 2.45) is 0 Å². The first-order valence-corrected chi connectivity index (χ1v) is 8.18. The van der Waals surface area contributed by atoms with Crippen LogP contribution >= 0.6 is 11.3 Å². The van der Waals surface area contributed by atoms with E-state index in [1.165, 1.54) is 11.3 Å². The SMILES string of the molecule is COc1ccc(/C=C/c2noc(C)c2NC(=O)c2cccs2)cc1. The molecule has 2 aromatic heterocycles. The molecule has 0 aliphatic carbocycles. The van der Waals surface area contributed by atoms with Crippen LogP contribution in [0.25, 0.3) is 12.2 Å². The second kappa shape index (κ2) is 7.14. The number of benzene rings is 1. The molecule has 0 fully saturated rings. The minimum absolute atomic E-state index is 0.171. The molecule has 0 saturated heterocycles. The molecule has 0 aliphatic heterocycles. The van der Waals surface area contributed by atoms with E-state index in [-0.39, 0.29) is 5.91 Å². The number of aryl methyl sites for hydroxylation is 1. The number of methoxy groups -OCH3 is 1. The average Bonchev–Trinajstić information content (AvgIpc) is 3.25. The molecule has 0 atom stereocenters. The van der Waals surface area contributed by atoms with Gasteiger partial charge in [-0.1, -0.05) is 29.4 Å². The summed E-state index contributed by atoms with van der Waals surface area (Å²) in [6.45, 7) is 1.77. The lowest BCUT2D eigenvalue weighted by atomic mass is 10.2. The normalized spacial score (nSPS) is 10.9. The van der Waals surface area contributed by atoms with E-state index in [0.29, 0.717) is 22.0 Å². The molecule has 3 rings (SSSR count). The van der Waals surface area contributed by atoms with Gasteiger partial charge in [0.2, 0.25) is 0 Å². The van der Waals surface area contributed by atoms with E-state index < -0.39 is 0 Å². The summed E-state index contributed by atoms with van der Waals surface area (Å²) in [4.78, 5) is 12.9. The molecule has 0 radical (unpaired) electrons. The summed E-state index contributed by atoms with van der Waals surface area (Å²) in [5.74, 6) is 1.19. The zero-order chi connectivity index (χ0) is 16.9. The van der Waals surface area contributed by atoms with E-state index in [1.807, 2.05) is 47.9 Å². The number of nitrogens with zero attached hydrogens (tertiary/aromatic N) is 1. The van der Waals surface area contributed by atoms with Gasteiger partial charge >= 0.3 is 0 Å². The predicted molar refractivity (Wildman–Crippen MR) is 95.4 cm³/mol. The molecule has 6 heteroatoms. The zero-order valence-corrected chi connectivity index (χ0v) is 14.1. The summed E-state index contributed by atoms with van der Waals surface area (Å²) >= 11 is 1.39. The van der Waals surface area contributed by atoms with Crippen molar-refractivity contribution in [3.05, 3.63) is 63.7 Å². The van der Waals surface area contributed by atoms with Gasteiger partial charge in [0.05, 0.1) is 12.0 Å². The fourth-order valence-corrected chi connectivity index (χ4v) is 2.75. The number of rotatable bonds is 5. The Morgan fingerprint density at radius 1 is 1.25 bits per heavy atom. The molecule has 1 N–H and O–H groups in total. The lowest BCUT2D eigenvalue weighted by Crippen LogP contribution is -2.11. The Balaban J connectivity index is 1.79.